The van der Waals surface area contributed by atoms with Gasteiger partial charge in [-0.2, -0.15) is 18.2 Å². The molecule has 0 aliphatic carbocycles. The number of ether oxygens (including phenoxy) is 1. The summed E-state index contributed by atoms with van der Waals surface area (Å²) < 4.78 is 46.2. The molecule has 0 bridgehead atoms. The van der Waals surface area contributed by atoms with Crippen LogP contribution in [0, 0.1) is 5.92 Å². The van der Waals surface area contributed by atoms with Gasteiger partial charge in [-0.25, -0.2) is 0 Å². The third-order valence-electron chi connectivity index (χ3n) is 2.34. The van der Waals surface area contributed by atoms with Crippen LogP contribution in [0.25, 0.3) is 0 Å². The van der Waals surface area contributed by atoms with Crippen LogP contribution >= 0.6 is 0 Å². The Morgan fingerprint density at radius 1 is 1.39 bits per heavy atom. The lowest BCUT2D eigenvalue weighted by molar-refractivity contribution is -0.204. The monoisotopic (exact) mass is 268 g/mol. The van der Waals surface area contributed by atoms with E-state index in [1.807, 2.05) is 13.8 Å². The van der Waals surface area contributed by atoms with E-state index in [2.05, 4.69) is 14.7 Å². The maximum absolute atomic E-state index is 12.1. The largest absolute Gasteiger partial charge is 0.414 e. The summed E-state index contributed by atoms with van der Waals surface area (Å²) in [6.07, 6.45) is -8.42. The number of hydrogen-bond acceptors (Lipinski definition) is 5. The normalized spacial score (nSPS) is 16.0. The van der Waals surface area contributed by atoms with Crippen LogP contribution in [0.4, 0.5) is 13.2 Å². The number of halogens is 3. The molecule has 0 aliphatic heterocycles. The van der Waals surface area contributed by atoms with Gasteiger partial charge in [0.25, 0.3) is 0 Å². The molecule has 104 valence electrons. The summed E-state index contributed by atoms with van der Waals surface area (Å²) in [7, 11) is 1.45. The predicted octanol–water partition coefficient (Wildman–Crippen LogP) is 1.88. The van der Waals surface area contributed by atoms with Crippen LogP contribution in [0.15, 0.2) is 4.52 Å². The molecule has 8 heteroatoms. The number of hydrogen-bond donors (Lipinski definition) is 1. The van der Waals surface area contributed by atoms with E-state index in [9.17, 15) is 13.2 Å². The van der Waals surface area contributed by atoms with E-state index in [0.29, 0.717) is 0 Å². The lowest BCUT2D eigenvalue weighted by Gasteiger charge is -2.14. The molecule has 0 saturated heterocycles. The molecule has 1 rings (SSSR count). The van der Waals surface area contributed by atoms with E-state index in [1.54, 1.807) is 0 Å². The summed E-state index contributed by atoms with van der Waals surface area (Å²) in [5, 5.41) is 12.4. The summed E-state index contributed by atoms with van der Waals surface area (Å²) >= 11 is 0. The highest BCUT2D eigenvalue weighted by Gasteiger charge is 2.39. The molecule has 0 aliphatic rings. The Morgan fingerprint density at radius 2 is 2.00 bits per heavy atom. The molecular weight excluding hydrogens is 253 g/mol. The quantitative estimate of drug-likeness (QED) is 0.883. The van der Waals surface area contributed by atoms with E-state index >= 15 is 0 Å². The van der Waals surface area contributed by atoms with Gasteiger partial charge in [-0.05, 0) is 5.92 Å². The lowest BCUT2D eigenvalue weighted by Crippen LogP contribution is -2.30. The van der Waals surface area contributed by atoms with Crippen molar-refractivity contribution in [2.24, 2.45) is 5.92 Å². The number of alkyl halides is 3. The van der Waals surface area contributed by atoms with Crippen LogP contribution in [0.3, 0.4) is 0 Å². The minimum absolute atomic E-state index is 0.0491. The van der Waals surface area contributed by atoms with Crippen LogP contribution in [0.5, 0.6) is 0 Å². The van der Waals surface area contributed by atoms with Crippen LogP contribution in [-0.2, 0) is 11.2 Å². The van der Waals surface area contributed by atoms with Crippen molar-refractivity contribution in [1.29, 1.82) is 0 Å². The molecule has 0 fully saturated rings. The molecule has 1 aromatic rings. The Hall–Kier alpha value is -1.15. The zero-order valence-electron chi connectivity index (χ0n) is 10.2. The van der Waals surface area contributed by atoms with E-state index in [0.717, 1.165) is 0 Å². The van der Waals surface area contributed by atoms with E-state index < -0.39 is 24.8 Å². The number of aromatic nitrogens is 2. The van der Waals surface area contributed by atoms with Crippen molar-refractivity contribution in [3.8, 4) is 0 Å². The van der Waals surface area contributed by atoms with Crippen LogP contribution in [0.1, 0.15) is 31.7 Å². The maximum Gasteiger partial charge on any atom is 0.414 e. The minimum Gasteiger partial charge on any atom is -0.383 e. The molecule has 1 N–H and O–H groups in total. The zero-order valence-corrected chi connectivity index (χ0v) is 10.2. The summed E-state index contributed by atoms with van der Waals surface area (Å²) in [5.74, 6) is -0.0395. The summed E-state index contributed by atoms with van der Waals surface area (Å²) in [6.45, 7) is 3.71. The van der Waals surface area contributed by atoms with Crippen molar-refractivity contribution in [1.82, 2.24) is 10.1 Å². The fourth-order valence-corrected chi connectivity index (χ4v) is 1.42. The van der Waals surface area contributed by atoms with Crippen molar-refractivity contribution in [2.45, 2.75) is 38.7 Å². The highest BCUT2D eigenvalue weighted by molar-refractivity contribution is 4.94. The molecule has 0 radical (unpaired) electrons. The first-order chi connectivity index (χ1) is 8.25. The van der Waals surface area contributed by atoms with E-state index in [4.69, 9.17) is 9.84 Å². The topological polar surface area (TPSA) is 68.4 Å². The van der Waals surface area contributed by atoms with E-state index in [1.165, 1.54) is 7.11 Å². The van der Waals surface area contributed by atoms with Gasteiger partial charge in [0, 0.05) is 7.11 Å². The Labute approximate surface area is 102 Å². The van der Waals surface area contributed by atoms with Gasteiger partial charge in [0.05, 0.1) is 6.42 Å². The smallest absolute Gasteiger partial charge is 0.383 e. The number of aliphatic hydroxyl groups excluding tert-OH is 1. The summed E-state index contributed by atoms with van der Waals surface area (Å²) in [6, 6.07) is 0. The van der Waals surface area contributed by atoms with Crippen molar-refractivity contribution in [3.05, 3.63) is 11.7 Å². The molecule has 2 atom stereocenters. The number of nitrogens with zero attached hydrogens (tertiary/aromatic N) is 2. The first-order valence-corrected chi connectivity index (χ1v) is 5.35. The molecule has 5 nitrogen and oxygen atoms in total. The Morgan fingerprint density at radius 3 is 2.44 bits per heavy atom. The second kappa shape index (κ2) is 5.66. The second-order valence-electron chi connectivity index (χ2n) is 4.21. The van der Waals surface area contributed by atoms with Crippen LogP contribution in [-0.4, -0.2) is 34.6 Å². The number of methoxy groups -OCH3 is 1. The van der Waals surface area contributed by atoms with Gasteiger partial charge in [0.2, 0.25) is 11.7 Å². The Bertz CT molecular complexity index is 379. The average Bonchev–Trinajstić information content (AvgIpc) is 2.65. The van der Waals surface area contributed by atoms with Crippen molar-refractivity contribution in [2.75, 3.05) is 7.11 Å². The molecule has 0 amide bonds. The van der Waals surface area contributed by atoms with E-state index in [-0.39, 0.29) is 17.6 Å². The zero-order chi connectivity index (χ0) is 13.9. The number of aliphatic hydroxyl groups is 1. The van der Waals surface area contributed by atoms with Crippen molar-refractivity contribution >= 4 is 0 Å². The molecule has 0 aromatic carbocycles. The van der Waals surface area contributed by atoms with Gasteiger partial charge in [-0.3, -0.25) is 0 Å². The van der Waals surface area contributed by atoms with Gasteiger partial charge >= 0.3 is 6.18 Å². The lowest BCUT2D eigenvalue weighted by atomic mass is 10.1. The first kappa shape index (κ1) is 14.9. The van der Waals surface area contributed by atoms with Gasteiger partial charge in [-0.1, -0.05) is 19.0 Å². The fraction of sp³-hybridized carbons (Fsp3) is 0.800. The van der Waals surface area contributed by atoms with Gasteiger partial charge in [-0.15, -0.1) is 0 Å². The van der Waals surface area contributed by atoms with Gasteiger partial charge in [0.15, 0.2) is 6.10 Å². The SMILES string of the molecule is COC(c1noc(CC(O)C(F)(F)F)n1)C(C)C. The highest BCUT2D eigenvalue weighted by Crippen LogP contribution is 2.25. The molecule has 2 unspecified atom stereocenters. The third kappa shape index (κ3) is 3.67. The van der Waals surface area contributed by atoms with Crippen LogP contribution < -0.4 is 0 Å². The molecular formula is C10H15F3N2O3. The Kier molecular flexibility index (Phi) is 4.69. The highest BCUT2D eigenvalue weighted by atomic mass is 19.4. The van der Waals surface area contributed by atoms with Crippen molar-refractivity contribution < 1.29 is 27.5 Å². The average molecular weight is 268 g/mol. The number of rotatable bonds is 5. The van der Waals surface area contributed by atoms with Crippen molar-refractivity contribution in [3.63, 3.8) is 0 Å². The predicted molar refractivity (Wildman–Crippen MR) is 54.7 cm³/mol. The molecule has 1 aromatic heterocycles. The fourth-order valence-electron chi connectivity index (χ4n) is 1.42. The summed E-state index contributed by atoms with van der Waals surface area (Å²) in [4.78, 5) is 3.79. The standard InChI is InChI=1S/C10H15F3N2O3/c1-5(2)8(17-3)9-14-7(18-15-9)4-6(16)10(11,12)13/h5-6,8,16H,4H2,1-3H3. The molecule has 0 saturated carbocycles. The summed E-state index contributed by atoms with van der Waals surface area (Å²) in [5.41, 5.74) is 0. The van der Waals surface area contributed by atoms with Crippen LogP contribution in [0.2, 0.25) is 0 Å². The van der Waals surface area contributed by atoms with Gasteiger partial charge < -0.3 is 14.4 Å². The molecule has 0 spiro atoms. The minimum atomic E-state index is -4.70. The Balaban J connectivity index is 2.75. The second-order valence-corrected chi connectivity index (χ2v) is 4.21. The first-order valence-electron chi connectivity index (χ1n) is 5.35. The molecule has 1 heterocycles. The third-order valence-corrected chi connectivity index (χ3v) is 2.34. The molecule has 18 heavy (non-hydrogen) atoms. The van der Waals surface area contributed by atoms with Gasteiger partial charge in [0.1, 0.15) is 6.10 Å². The maximum atomic E-state index is 12.1.